The SMILES string of the molecule is C=C1CN(c2ccccc2CCCC)NC1=O. The van der Waals surface area contributed by atoms with Crippen LogP contribution in [0.15, 0.2) is 36.4 Å². The monoisotopic (exact) mass is 230 g/mol. The molecule has 3 nitrogen and oxygen atoms in total. The second-order valence-corrected chi connectivity index (χ2v) is 4.36. The largest absolute Gasteiger partial charge is 0.280 e. The molecule has 1 heterocycles. The van der Waals surface area contributed by atoms with Gasteiger partial charge in [0.2, 0.25) is 0 Å². The van der Waals surface area contributed by atoms with Crippen LogP contribution in [0.1, 0.15) is 25.3 Å². The minimum absolute atomic E-state index is 0.0738. The Morgan fingerprint density at radius 3 is 2.82 bits per heavy atom. The highest BCUT2D eigenvalue weighted by molar-refractivity contribution is 5.97. The minimum atomic E-state index is -0.0738. The summed E-state index contributed by atoms with van der Waals surface area (Å²) in [5.41, 5.74) is 5.82. The Morgan fingerprint density at radius 2 is 2.18 bits per heavy atom. The van der Waals surface area contributed by atoms with E-state index in [2.05, 4.69) is 25.0 Å². The van der Waals surface area contributed by atoms with Gasteiger partial charge >= 0.3 is 0 Å². The molecule has 0 aliphatic carbocycles. The Hall–Kier alpha value is -1.77. The predicted molar refractivity (Wildman–Crippen MR) is 69.7 cm³/mol. The summed E-state index contributed by atoms with van der Waals surface area (Å²) in [4.78, 5) is 11.4. The molecular weight excluding hydrogens is 212 g/mol. The lowest BCUT2D eigenvalue weighted by Gasteiger charge is -2.20. The number of nitrogens with zero attached hydrogens (tertiary/aromatic N) is 1. The number of hydrogen-bond acceptors (Lipinski definition) is 2. The summed E-state index contributed by atoms with van der Waals surface area (Å²) in [6, 6.07) is 8.21. The van der Waals surface area contributed by atoms with Gasteiger partial charge in [-0.05, 0) is 24.5 Å². The number of benzene rings is 1. The maximum Gasteiger partial charge on any atom is 0.267 e. The fourth-order valence-corrected chi connectivity index (χ4v) is 2.00. The molecule has 3 heteroatoms. The maximum atomic E-state index is 11.4. The standard InChI is InChI=1S/C14H18N2O/c1-3-4-7-12-8-5-6-9-13(12)16-10-11(2)14(17)15-16/h5-6,8-9H,2-4,7,10H2,1H3,(H,15,17). The zero-order chi connectivity index (χ0) is 12.3. The highest BCUT2D eigenvalue weighted by Gasteiger charge is 2.23. The average Bonchev–Trinajstić information content (AvgIpc) is 2.67. The Bertz CT molecular complexity index is 424. The first kappa shape index (κ1) is 11.7. The number of anilines is 1. The second kappa shape index (κ2) is 5.04. The van der Waals surface area contributed by atoms with E-state index in [0.29, 0.717) is 12.1 Å². The summed E-state index contributed by atoms with van der Waals surface area (Å²) in [7, 11) is 0. The van der Waals surface area contributed by atoms with E-state index in [1.54, 1.807) is 0 Å². The van der Waals surface area contributed by atoms with Crippen LogP contribution >= 0.6 is 0 Å². The number of rotatable bonds is 4. The molecule has 0 atom stereocenters. The molecule has 1 aromatic rings. The molecule has 1 aromatic carbocycles. The van der Waals surface area contributed by atoms with Gasteiger partial charge in [-0.2, -0.15) is 0 Å². The van der Waals surface area contributed by atoms with Gasteiger partial charge in [-0.3, -0.25) is 15.2 Å². The fraction of sp³-hybridized carbons (Fsp3) is 0.357. The highest BCUT2D eigenvalue weighted by Crippen LogP contribution is 2.23. The number of amides is 1. The predicted octanol–water partition coefficient (Wildman–Crippen LogP) is 2.44. The summed E-state index contributed by atoms with van der Waals surface area (Å²) >= 11 is 0. The van der Waals surface area contributed by atoms with Crippen molar-refractivity contribution in [3.05, 3.63) is 42.0 Å². The molecule has 1 saturated heterocycles. The van der Waals surface area contributed by atoms with Gasteiger partial charge < -0.3 is 0 Å². The molecule has 0 spiro atoms. The first-order valence-electron chi connectivity index (χ1n) is 6.06. The summed E-state index contributed by atoms with van der Waals surface area (Å²) in [6.45, 7) is 6.50. The van der Waals surface area contributed by atoms with Crippen LogP contribution in [0.5, 0.6) is 0 Å². The molecule has 0 radical (unpaired) electrons. The molecule has 1 aliphatic rings. The molecule has 2 rings (SSSR count). The molecule has 1 N–H and O–H groups in total. The van der Waals surface area contributed by atoms with Crippen LogP contribution in [0.4, 0.5) is 5.69 Å². The number of carbonyl (C=O) groups excluding carboxylic acids is 1. The van der Waals surface area contributed by atoms with E-state index in [1.807, 2.05) is 23.2 Å². The van der Waals surface area contributed by atoms with Gasteiger partial charge in [0.1, 0.15) is 0 Å². The third kappa shape index (κ3) is 2.49. The Labute approximate surface area is 102 Å². The van der Waals surface area contributed by atoms with Gasteiger partial charge in [0.25, 0.3) is 5.91 Å². The first-order valence-corrected chi connectivity index (χ1v) is 6.06. The van der Waals surface area contributed by atoms with Crippen LogP contribution in [0.25, 0.3) is 0 Å². The van der Waals surface area contributed by atoms with Crippen molar-refractivity contribution < 1.29 is 4.79 Å². The number of hydrazine groups is 1. The molecule has 0 unspecified atom stereocenters. The molecule has 17 heavy (non-hydrogen) atoms. The van der Waals surface area contributed by atoms with Crippen molar-refractivity contribution in [1.82, 2.24) is 5.43 Å². The zero-order valence-electron chi connectivity index (χ0n) is 10.2. The van der Waals surface area contributed by atoms with Crippen LogP contribution in [0.2, 0.25) is 0 Å². The van der Waals surface area contributed by atoms with Crippen molar-refractivity contribution in [3.8, 4) is 0 Å². The fourth-order valence-electron chi connectivity index (χ4n) is 2.00. The smallest absolute Gasteiger partial charge is 0.267 e. The minimum Gasteiger partial charge on any atom is -0.280 e. The summed E-state index contributed by atoms with van der Waals surface area (Å²) < 4.78 is 0. The van der Waals surface area contributed by atoms with E-state index < -0.39 is 0 Å². The van der Waals surface area contributed by atoms with Gasteiger partial charge in [0.15, 0.2) is 0 Å². The summed E-state index contributed by atoms with van der Waals surface area (Å²) in [6.07, 6.45) is 3.39. The third-order valence-corrected chi connectivity index (χ3v) is 2.99. The van der Waals surface area contributed by atoms with Crippen molar-refractivity contribution in [3.63, 3.8) is 0 Å². The van der Waals surface area contributed by atoms with Gasteiger partial charge in [0.05, 0.1) is 12.2 Å². The molecule has 1 fully saturated rings. The first-order chi connectivity index (χ1) is 8.22. The normalized spacial score (nSPS) is 15.2. The lowest BCUT2D eigenvalue weighted by atomic mass is 10.1. The number of unbranched alkanes of at least 4 members (excludes halogenated alkanes) is 1. The Kier molecular flexibility index (Phi) is 3.47. The van der Waals surface area contributed by atoms with Crippen molar-refractivity contribution >= 4 is 11.6 Å². The summed E-state index contributed by atoms with van der Waals surface area (Å²) in [5.74, 6) is -0.0738. The van der Waals surface area contributed by atoms with Gasteiger partial charge in [-0.1, -0.05) is 38.1 Å². The van der Waals surface area contributed by atoms with E-state index in [0.717, 1.165) is 12.1 Å². The number of para-hydroxylation sites is 1. The molecule has 0 saturated carbocycles. The lowest BCUT2D eigenvalue weighted by Crippen LogP contribution is -2.33. The van der Waals surface area contributed by atoms with Crippen molar-refractivity contribution in [1.29, 1.82) is 0 Å². The van der Waals surface area contributed by atoms with E-state index in [1.165, 1.54) is 18.4 Å². The molecule has 0 aromatic heterocycles. The topological polar surface area (TPSA) is 32.3 Å². The van der Waals surface area contributed by atoms with E-state index in [-0.39, 0.29) is 5.91 Å². The average molecular weight is 230 g/mol. The quantitative estimate of drug-likeness (QED) is 0.806. The van der Waals surface area contributed by atoms with Gasteiger partial charge in [-0.25, -0.2) is 0 Å². The molecule has 1 aliphatic heterocycles. The maximum absolute atomic E-state index is 11.4. The van der Waals surface area contributed by atoms with Crippen LogP contribution in [0.3, 0.4) is 0 Å². The van der Waals surface area contributed by atoms with Gasteiger partial charge in [0, 0.05) is 5.57 Å². The van der Waals surface area contributed by atoms with E-state index in [4.69, 9.17) is 0 Å². The molecule has 90 valence electrons. The lowest BCUT2D eigenvalue weighted by molar-refractivity contribution is -0.116. The molecular formula is C14H18N2O. The van der Waals surface area contributed by atoms with E-state index in [9.17, 15) is 4.79 Å². The number of carbonyl (C=O) groups is 1. The number of hydrogen-bond donors (Lipinski definition) is 1. The van der Waals surface area contributed by atoms with Crippen LogP contribution in [-0.2, 0) is 11.2 Å². The van der Waals surface area contributed by atoms with E-state index >= 15 is 0 Å². The molecule has 1 amide bonds. The van der Waals surface area contributed by atoms with Crippen molar-refractivity contribution in [2.45, 2.75) is 26.2 Å². The Morgan fingerprint density at radius 1 is 1.41 bits per heavy atom. The molecule has 0 bridgehead atoms. The Balaban J connectivity index is 2.20. The summed E-state index contributed by atoms with van der Waals surface area (Å²) in [5, 5.41) is 1.88. The third-order valence-electron chi connectivity index (χ3n) is 2.99. The van der Waals surface area contributed by atoms with Crippen LogP contribution < -0.4 is 10.4 Å². The van der Waals surface area contributed by atoms with Crippen molar-refractivity contribution in [2.75, 3.05) is 11.6 Å². The number of aryl methyl sites for hydroxylation is 1. The zero-order valence-corrected chi connectivity index (χ0v) is 10.2. The van der Waals surface area contributed by atoms with Crippen LogP contribution in [-0.4, -0.2) is 12.5 Å². The van der Waals surface area contributed by atoms with Crippen LogP contribution in [0, 0.1) is 0 Å². The van der Waals surface area contributed by atoms with Crippen molar-refractivity contribution in [2.24, 2.45) is 0 Å². The number of nitrogens with one attached hydrogen (secondary N) is 1. The highest BCUT2D eigenvalue weighted by atomic mass is 16.2. The second-order valence-electron chi connectivity index (χ2n) is 4.36. The van der Waals surface area contributed by atoms with Gasteiger partial charge in [-0.15, -0.1) is 0 Å².